The summed E-state index contributed by atoms with van der Waals surface area (Å²) in [5.41, 5.74) is 1.31. The maximum Gasteiger partial charge on any atom is 0.276 e. The molecule has 0 saturated heterocycles. The first-order chi connectivity index (χ1) is 15.9. The largest absolute Gasteiger partial charge is 0.351 e. The molecule has 1 aliphatic carbocycles. The fourth-order valence-electron chi connectivity index (χ4n) is 4.06. The number of hydrogen-bond donors (Lipinski definition) is 1. The van der Waals surface area contributed by atoms with Gasteiger partial charge in [-0.1, -0.05) is 78.5 Å². The van der Waals surface area contributed by atoms with Gasteiger partial charge in [0.25, 0.3) is 5.91 Å². The summed E-state index contributed by atoms with van der Waals surface area (Å²) in [5.74, 6) is -1.28. The Morgan fingerprint density at radius 2 is 1.76 bits per heavy atom. The quantitative estimate of drug-likeness (QED) is 0.426. The third-order valence-electron chi connectivity index (χ3n) is 5.70. The van der Waals surface area contributed by atoms with Crippen LogP contribution >= 0.6 is 34.7 Å². The minimum atomic E-state index is -1.00. The average molecular weight is 506 g/mol. The molecule has 1 aromatic heterocycles. The van der Waals surface area contributed by atoms with Crippen molar-refractivity contribution in [1.82, 2.24) is 14.6 Å². The molecule has 1 saturated carbocycles. The molecule has 1 atom stereocenters. The third-order valence-corrected chi connectivity index (χ3v) is 7.32. The fraction of sp³-hybridized carbons (Fsp3) is 0.292. The molecule has 0 spiro atoms. The highest BCUT2D eigenvalue weighted by Crippen LogP contribution is 2.33. The number of halogens is 3. The summed E-state index contributed by atoms with van der Waals surface area (Å²) in [6.07, 6.45) is 3.88. The molecule has 172 valence electrons. The number of carbonyl (C=O) groups is 2. The van der Waals surface area contributed by atoms with Gasteiger partial charge in [-0.05, 0) is 47.6 Å². The van der Waals surface area contributed by atoms with E-state index in [-0.39, 0.29) is 33.5 Å². The molecule has 1 aliphatic rings. The van der Waals surface area contributed by atoms with Crippen LogP contribution in [0, 0.1) is 5.82 Å². The first-order valence-electron chi connectivity index (χ1n) is 10.7. The molecule has 1 N–H and O–H groups in total. The van der Waals surface area contributed by atoms with E-state index in [1.54, 1.807) is 0 Å². The Kier molecular flexibility index (Phi) is 7.63. The molecule has 1 heterocycles. The number of hydrogen-bond acceptors (Lipinski definition) is 4. The Morgan fingerprint density at radius 1 is 1.09 bits per heavy atom. The van der Waals surface area contributed by atoms with E-state index < -0.39 is 17.8 Å². The predicted octanol–water partition coefficient (Wildman–Crippen LogP) is 6.03. The monoisotopic (exact) mass is 505 g/mol. The fourth-order valence-corrected chi connectivity index (χ4v) is 5.04. The first-order valence-corrected chi connectivity index (χ1v) is 12.2. The van der Waals surface area contributed by atoms with E-state index in [0.29, 0.717) is 5.56 Å². The average Bonchev–Trinajstić information content (AvgIpc) is 3.44. The van der Waals surface area contributed by atoms with Crippen molar-refractivity contribution in [3.8, 4) is 0 Å². The zero-order valence-corrected chi connectivity index (χ0v) is 20.0. The first kappa shape index (κ1) is 23.7. The Labute approximate surface area is 205 Å². The maximum absolute atomic E-state index is 13.7. The molecule has 3 aromatic rings. The number of amides is 2. The zero-order chi connectivity index (χ0) is 23.4. The molecule has 1 fully saturated rings. The lowest BCUT2D eigenvalue weighted by Gasteiger charge is -2.32. The van der Waals surface area contributed by atoms with Gasteiger partial charge >= 0.3 is 0 Å². The van der Waals surface area contributed by atoms with Crippen LogP contribution in [0.3, 0.4) is 0 Å². The van der Waals surface area contributed by atoms with Gasteiger partial charge in [-0.3, -0.25) is 9.59 Å². The van der Waals surface area contributed by atoms with Gasteiger partial charge in [0.15, 0.2) is 5.69 Å². The second-order valence-corrected chi connectivity index (χ2v) is 9.74. The molecular weight excluding hydrogens is 484 g/mol. The topological polar surface area (TPSA) is 62.3 Å². The van der Waals surface area contributed by atoms with Crippen LogP contribution in [0.1, 0.15) is 53.3 Å². The molecule has 0 bridgehead atoms. The minimum absolute atomic E-state index is 0.0108. The van der Waals surface area contributed by atoms with Crippen molar-refractivity contribution in [3.05, 3.63) is 86.6 Å². The SMILES string of the molecule is O=C(NC1CCCC1)C(c1ccc(F)cc1)N(Cc1ccccc1)C(=O)c1nsc(Cl)c1Cl. The molecule has 4 rings (SSSR count). The van der Waals surface area contributed by atoms with Gasteiger partial charge in [-0.25, -0.2) is 4.39 Å². The standard InChI is InChI=1S/C24H22Cl2FN3O2S/c25-19-20(29-33-22(19)26)24(32)30(14-15-6-2-1-3-7-15)21(16-10-12-17(27)13-11-16)23(31)28-18-8-4-5-9-18/h1-3,6-7,10-13,18,21H,4-5,8-9,14H2,(H,28,31). The van der Waals surface area contributed by atoms with Crippen LogP contribution < -0.4 is 5.32 Å². The Hall–Kier alpha value is -2.48. The van der Waals surface area contributed by atoms with Crippen LogP contribution in [0.4, 0.5) is 4.39 Å². The molecule has 33 heavy (non-hydrogen) atoms. The number of benzene rings is 2. The summed E-state index contributed by atoms with van der Waals surface area (Å²) in [6.45, 7) is 0.130. The van der Waals surface area contributed by atoms with Gasteiger partial charge < -0.3 is 10.2 Å². The number of carbonyl (C=O) groups excluding carboxylic acids is 2. The van der Waals surface area contributed by atoms with Crippen molar-refractivity contribution >= 4 is 46.5 Å². The molecule has 2 aromatic carbocycles. The van der Waals surface area contributed by atoms with Crippen molar-refractivity contribution in [1.29, 1.82) is 0 Å². The number of rotatable bonds is 7. The van der Waals surface area contributed by atoms with Crippen LogP contribution in [0.15, 0.2) is 54.6 Å². The Bertz CT molecular complexity index is 1120. The second kappa shape index (κ2) is 10.6. The molecule has 5 nitrogen and oxygen atoms in total. The van der Waals surface area contributed by atoms with E-state index in [1.165, 1.54) is 29.2 Å². The van der Waals surface area contributed by atoms with Gasteiger partial charge in [0.05, 0.1) is 0 Å². The molecular formula is C24H22Cl2FN3O2S. The number of nitrogens with one attached hydrogen (secondary N) is 1. The van der Waals surface area contributed by atoms with Crippen molar-refractivity contribution in [2.75, 3.05) is 0 Å². The van der Waals surface area contributed by atoms with E-state index >= 15 is 0 Å². The van der Waals surface area contributed by atoms with E-state index in [9.17, 15) is 14.0 Å². The Morgan fingerprint density at radius 3 is 2.36 bits per heavy atom. The van der Waals surface area contributed by atoms with Gasteiger partial charge in [0, 0.05) is 12.6 Å². The number of aromatic nitrogens is 1. The van der Waals surface area contributed by atoms with Crippen molar-refractivity contribution < 1.29 is 14.0 Å². The van der Waals surface area contributed by atoms with Crippen LogP contribution in [0.5, 0.6) is 0 Å². The van der Waals surface area contributed by atoms with Gasteiger partial charge in [-0.2, -0.15) is 4.37 Å². The summed E-state index contributed by atoms with van der Waals surface area (Å²) in [6, 6.07) is 14.0. The summed E-state index contributed by atoms with van der Waals surface area (Å²) < 4.78 is 18.0. The normalized spacial score (nSPS) is 14.8. The summed E-state index contributed by atoms with van der Waals surface area (Å²) in [5, 5.41) is 3.14. The molecule has 0 aliphatic heterocycles. The highest BCUT2D eigenvalue weighted by molar-refractivity contribution is 7.11. The van der Waals surface area contributed by atoms with E-state index in [4.69, 9.17) is 23.2 Å². The smallest absolute Gasteiger partial charge is 0.276 e. The predicted molar refractivity (Wildman–Crippen MR) is 128 cm³/mol. The molecule has 9 heteroatoms. The van der Waals surface area contributed by atoms with Gasteiger partial charge in [0.1, 0.15) is 21.2 Å². The van der Waals surface area contributed by atoms with Crippen LogP contribution in [-0.4, -0.2) is 27.1 Å². The maximum atomic E-state index is 13.7. The molecule has 0 radical (unpaired) electrons. The minimum Gasteiger partial charge on any atom is -0.351 e. The van der Waals surface area contributed by atoms with Crippen LogP contribution in [-0.2, 0) is 11.3 Å². The van der Waals surface area contributed by atoms with E-state index in [0.717, 1.165) is 42.8 Å². The summed E-state index contributed by atoms with van der Waals surface area (Å²) >= 11 is 13.2. The highest BCUT2D eigenvalue weighted by atomic mass is 35.5. The zero-order valence-electron chi connectivity index (χ0n) is 17.6. The molecule has 2 amide bonds. The van der Waals surface area contributed by atoms with Crippen LogP contribution in [0.2, 0.25) is 9.36 Å². The van der Waals surface area contributed by atoms with Crippen molar-refractivity contribution in [2.45, 2.75) is 44.3 Å². The summed E-state index contributed by atoms with van der Waals surface area (Å²) in [7, 11) is 0. The second-order valence-electron chi connectivity index (χ2n) is 7.98. The van der Waals surface area contributed by atoms with Gasteiger partial charge in [-0.15, -0.1) is 0 Å². The lowest BCUT2D eigenvalue weighted by atomic mass is 10.0. The van der Waals surface area contributed by atoms with Crippen LogP contribution in [0.25, 0.3) is 0 Å². The third kappa shape index (κ3) is 5.54. The van der Waals surface area contributed by atoms with Gasteiger partial charge in [0.2, 0.25) is 5.91 Å². The van der Waals surface area contributed by atoms with Crippen molar-refractivity contribution in [2.24, 2.45) is 0 Å². The van der Waals surface area contributed by atoms with Crippen molar-refractivity contribution in [3.63, 3.8) is 0 Å². The Balaban J connectivity index is 1.76. The number of nitrogens with zero attached hydrogens (tertiary/aromatic N) is 2. The molecule has 1 unspecified atom stereocenters. The highest BCUT2D eigenvalue weighted by Gasteiger charge is 2.35. The lowest BCUT2D eigenvalue weighted by molar-refractivity contribution is -0.126. The van der Waals surface area contributed by atoms with E-state index in [2.05, 4.69) is 9.69 Å². The summed E-state index contributed by atoms with van der Waals surface area (Å²) in [4.78, 5) is 28.7. The lowest BCUT2D eigenvalue weighted by Crippen LogP contribution is -2.46. The van der Waals surface area contributed by atoms with E-state index in [1.807, 2.05) is 30.3 Å².